The molecule has 1 aromatic carbocycles. The van der Waals surface area contributed by atoms with Gasteiger partial charge in [0, 0.05) is 7.11 Å². The summed E-state index contributed by atoms with van der Waals surface area (Å²) in [6.45, 7) is 0.706. The van der Waals surface area contributed by atoms with Crippen LogP contribution in [0, 0.1) is 0 Å². The molecule has 0 bridgehead atoms. The van der Waals surface area contributed by atoms with E-state index in [1.54, 1.807) is 13.2 Å². The molecule has 0 fully saturated rings. The van der Waals surface area contributed by atoms with E-state index in [4.69, 9.17) is 4.74 Å². The molecule has 0 aromatic heterocycles. The van der Waals surface area contributed by atoms with Gasteiger partial charge in [-0.15, -0.1) is 0 Å². The van der Waals surface area contributed by atoms with Gasteiger partial charge in [0.25, 0.3) is 0 Å². The van der Waals surface area contributed by atoms with Gasteiger partial charge in [0.1, 0.15) is 5.75 Å². The maximum atomic E-state index is 9.19. The van der Waals surface area contributed by atoms with Gasteiger partial charge in [0.2, 0.25) is 0 Å². The standard InChI is InChI=1S/C9H11BrO2/c1-12-5-4-7-2-3-9(11)8(10)6-7/h2-3,6,11H,4-5H2,1H3. The molecule has 66 valence electrons. The lowest BCUT2D eigenvalue weighted by atomic mass is 10.1. The summed E-state index contributed by atoms with van der Waals surface area (Å²) in [4.78, 5) is 0. The van der Waals surface area contributed by atoms with Gasteiger partial charge in [-0.25, -0.2) is 0 Å². The monoisotopic (exact) mass is 230 g/mol. The highest BCUT2D eigenvalue weighted by Gasteiger charge is 1.98. The van der Waals surface area contributed by atoms with E-state index in [0.717, 1.165) is 16.5 Å². The average molecular weight is 231 g/mol. The molecule has 1 N–H and O–H groups in total. The first-order valence-electron chi connectivity index (χ1n) is 3.70. The summed E-state index contributed by atoms with van der Waals surface area (Å²) in [6.07, 6.45) is 0.870. The molecular weight excluding hydrogens is 220 g/mol. The van der Waals surface area contributed by atoms with Crippen molar-refractivity contribution < 1.29 is 9.84 Å². The van der Waals surface area contributed by atoms with Crippen LogP contribution in [0.5, 0.6) is 5.75 Å². The minimum Gasteiger partial charge on any atom is -0.507 e. The Morgan fingerprint density at radius 3 is 2.83 bits per heavy atom. The van der Waals surface area contributed by atoms with Crippen molar-refractivity contribution in [3.05, 3.63) is 28.2 Å². The average Bonchev–Trinajstić information content (AvgIpc) is 2.07. The number of halogens is 1. The maximum absolute atomic E-state index is 9.19. The molecule has 0 spiro atoms. The molecule has 0 unspecified atom stereocenters. The predicted octanol–water partition coefficient (Wildman–Crippen LogP) is 2.34. The first kappa shape index (κ1) is 9.55. The second kappa shape index (κ2) is 4.48. The Hall–Kier alpha value is -0.540. The van der Waals surface area contributed by atoms with Gasteiger partial charge in [0.15, 0.2) is 0 Å². The second-order valence-electron chi connectivity index (χ2n) is 2.53. The van der Waals surface area contributed by atoms with Crippen molar-refractivity contribution in [2.24, 2.45) is 0 Å². The number of hydrogen-bond donors (Lipinski definition) is 1. The minimum absolute atomic E-state index is 0.274. The summed E-state index contributed by atoms with van der Waals surface area (Å²) in [5.41, 5.74) is 1.15. The van der Waals surface area contributed by atoms with Crippen LogP contribution >= 0.6 is 15.9 Å². The van der Waals surface area contributed by atoms with Gasteiger partial charge >= 0.3 is 0 Å². The number of phenols is 1. The highest BCUT2D eigenvalue weighted by molar-refractivity contribution is 9.10. The van der Waals surface area contributed by atoms with Crippen LogP contribution in [0.1, 0.15) is 5.56 Å². The van der Waals surface area contributed by atoms with Crippen LogP contribution in [-0.2, 0) is 11.2 Å². The summed E-state index contributed by atoms with van der Waals surface area (Å²) in [5, 5.41) is 9.19. The number of methoxy groups -OCH3 is 1. The number of phenolic OH excluding ortho intramolecular Hbond substituents is 1. The minimum atomic E-state index is 0.274. The zero-order chi connectivity index (χ0) is 8.97. The van der Waals surface area contributed by atoms with Crippen molar-refractivity contribution in [1.82, 2.24) is 0 Å². The highest BCUT2D eigenvalue weighted by Crippen LogP contribution is 2.24. The first-order valence-corrected chi connectivity index (χ1v) is 4.49. The number of rotatable bonds is 3. The van der Waals surface area contributed by atoms with Crippen LogP contribution in [0.15, 0.2) is 22.7 Å². The van der Waals surface area contributed by atoms with Crippen molar-refractivity contribution in [1.29, 1.82) is 0 Å². The van der Waals surface area contributed by atoms with E-state index in [1.807, 2.05) is 12.1 Å². The fourth-order valence-corrected chi connectivity index (χ4v) is 1.35. The van der Waals surface area contributed by atoms with Crippen LogP contribution in [0.2, 0.25) is 0 Å². The molecule has 0 saturated carbocycles. The van der Waals surface area contributed by atoms with Crippen LogP contribution in [0.3, 0.4) is 0 Å². The molecule has 0 radical (unpaired) electrons. The summed E-state index contributed by atoms with van der Waals surface area (Å²) in [5.74, 6) is 0.274. The van der Waals surface area contributed by atoms with Gasteiger partial charge in [-0.1, -0.05) is 6.07 Å². The van der Waals surface area contributed by atoms with E-state index in [0.29, 0.717) is 6.61 Å². The Morgan fingerprint density at radius 1 is 1.50 bits per heavy atom. The molecule has 3 heteroatoms. The van der Waals surface area contributed by atoms with Crippen LogP contribution in [0.4, 0.5) is 0 Å². The molecule has 2 nitrogen and oxygen atoms in total. The quantitative estimate of drug-likeness (QED) is 0.865. The van der Waals surface area contributed by atoms with E-state index < -0.39 is 0 Å². The lowest BCUT2D eigenvalue weighted by Crippen LogP contribution is -1.93. The Labute approximate surface area is 80.3 Å². The molecule has 12 heavy (non-hydrogen) atoms. The molecule has 0 aliphatic rings. The third-order valence-corrected chi connectivity index (χ3v) is 2.24. The Kier molecular flexibility index (Phi) is 3.56. The smallest absolute Gasteiger partial charge is 0.129 e. The lowest BCUT2D eigenvalue weighted by Gasteiger charge is -2.02. The van der Waals surface area contributed by atoms with E-state index in [1.165, 1.54) is 0 Å². The molecule has 0 atom stereocenters. The fourth-order valence-electron chi connectivity index (χ4n) is 0.926. The first-order chi connectivity index (χ1) is 5.74. The zero-order valence-corrected chi connectivity index (χ0v) is 8.47. The van der Waals surface area contributed by atoms with Crippen molar-refractivity contribution in [3.63, 3.8) is 0 Å². The Bertz CT molecular complexity index is 261. The summed E-state index contributed by atoms with van der Waals surface area (Å²) < 4.78 is 5.67. The molecule has 0 aliphatic heterocycles. The summed E-state index contributed by atoms with van der Waals surface area (Å²) >= 11 is 3.25. The molecule has 0 saturated heterocycles. The van der Waals surface area contributed by atoms with Gasteiger partial charge in [-0.2, -0.15) is 0 Å². The third kappa shape index (κ3) is 2.50. The van der Waals surface area contributed by atoms with Crippen molar-refractivity contribution >= 4 is 15.9 Å². The van der Waals surface area contributed by atoms with E-state index in [9.17, 15) is 5.11 Å². The Morgan fingerprint density at radius 2 is 2.25 bits per heavy atom. The molecule has 0 aliphatic carbocycles. The second-order valence-corrected chi connectivity index (χ2v) is 3.38. The van der Waals surface area contributed by atoms with Gasteiger partial charge in [-0.05, 0) is 40.0 Å². The topological polar surface area (TPSA) is 29.5 Å². The van der Waals surface area contributed by atoms with Gasteiger partial charge in [-0.3, -0.25) is 0 Å². The summed E-state index contributed by atoms with van der Waals surface area (Å²) in [7, 11) is 1.68. The molecule has 1 rings (SSSR count). The lowest BCUT2D eigenvalue weighted by molar-refractivity contribution is 0.202. The van der Waals surface area contributed by atoms with Crippen molar-refractivity contribution in [3.8, 4) is 5.75 Å². The highest BCUT2D eigenvalue weighted by atomic mass is 79.9. The van der Waals surface area contributed by atoms with E-state index in [-0.39, 0.29) is 5.75 Å². The van der Waals surface area contributed by atoms with Crippen LogP contribution in [0.25, 0.3) is 0 Å². The van der Waals surface area contributed by atoms with E-state index in [2.05, 4.69) is 15.9 Å². The number of benzene rings is 1. The number of aromatic hydroxyl groups is 1. The molecule has 1 aromatic rings. The fraction of sp³-hybridized carbons (Fsp3) is 0.333. The predicted molar refractivity (Wildman–Crippen MR) is 51.4 cm³/mol. The zero-order valence-electron chi connectivity index (χ0n) is 6.88. The van der Waals surface area contributed by atoms with Crippen LogP contribution in [-0.4, -0.2) is 18.8 Å². The Balaban J connectivity index is 2.69. The number of hydrogen-bond acceptors (Lipinski definition) is 2. The third-order valence-electron chi connectivity index (χ3n) is 1.61. The van der Waals surface area contributed by atoms with E-state index >= 15 is 0 Å². The number of ether oxygens (including phenoxy) is 1. The summed E-state index contributed by atoms with van der Waals surface area (Å²) in [6, 6.07) is 5.46. The van der Waals surface area contributed by atoms with Gasteiger partial charge < -0.3 is 9.84 Å². The largest absolute Gasteiger partial charge is 0.507 e. The molecule has 0 amide bonds. The molecule has 0 heterocycles. The van der Waals surface area contributed by atoms with Crippen molar-refractivity contribution in [2.75, 3.05) is 13.7 Å². The SMILES string of the molecule is COCCc1ccc(O)c(Br)c1. The molecular formula is C9H11BrO2. The van der Waals surface area contributed by atoms with Crippen molar-refractivity contribution in [2.45, 2.75) is 6.42 Å². The normalized spacial score (nSPS) is 10.2. The van der Waals surface area contributed by atoms with Gasteiger partial charge in [0.05, 0.1) is 11.1 Å². The van der Waals surface area contributed by atoms with Crippen LogP contribution < -0.4 is 0 Å². The maximum Gasteiger partial charge on any atom is 0.129 e.